The van der Waals surface area contributed by atoms with E-state index in [1.165, 1.54) is 26.0 Å². The lowest BCUT2D eigenvalue weighted by Crippen LogP contribution is -2.44. The molecule has 35 heavy (non-hydrogen) atoms. The fraction of sp³-hybridized carbons (Fsp3) is 0.240. The monoisotopic (exact) mass is 534 g/mol. The fourth-order valence-electron chi connectivity index (χ4n) is 4.62. The van der Waals surface area contributed by atoms with Crippen LogP contribution in [-0.4, -0.2) is 28.2 Å². The lowest BCUT2D eigenvalue weighted by atomic mass is 9.72. The van der Waals surface area contributed by atoms with E-state index in [2.05, 4.69) is 0 Å². The number of carbonyl (C=O) groups excluding carboxylic acids is 3. The number of benzene rings is 2. The minimum Gasteiger partial charge on any atom is -0.456 e. The summed E-state index contributed by atoms with van der Waals surface area (Å²) in [6.07, 6.45) is 1.59. The van der Waals surface area contributed by atoms with E-state index in [1.54, 1.807) is 37.3 Å². The molecule has 1 aliphatic carbocycles. The molecule has 2 atom stereocenters. The van der Waals surface area contributed by atoms with Crippen LogP contribution in [0.2, 0.25) is 0 Å². The number of hydrogen-bond donors (Lipinski definition) is 0. The van der Waals surface area contributed by atoms with Gasteiger partial charge < -0.3 is 18.9 Å². The quantitative estimate of drug-likeness (QED) is 0.286. The number of alkyl halides is 2. The van der Waals surface area contributed by atoms with Crippen LogP contribution in [0.15, 0.2) is 58.7 Å². The summed E-state index contributed by atoms with van der Waals surface area (Å²) in [7, 11) is 0. The number of carbonyl (C=O) groups is 3. The zero-order valence-electron chi connectivity index (χ0n) is 18.6. The standard InChI is InChI=1S/C25H17Cl3O7/c1-11-18(26)10-21-24(28,22(11)27)23(31)35-25(21)16-6-4-14(32-12(2)29)8-19(16)34-20-9-15(33-13(3)30)5-7-17(20)25/h4-10,22H,1-3H3. The van der Waals surface area contributed by atoms with Gasteiger partial charge >= 0.3 is 17.9 Å². The molecule has 1 saturated heterocycles. The number of fused-ring (bicyclic) bond motifs is 6. The molecule has 5 rings (SSSR count). The van der Waals surface area contributed by atoms with Gasteiger partial charge in [0.1, 0.15) is 23.0 Å². The summed E-state index contributed by atoms with van der Waals surface area (Å²) in [5, 5.41) is -0.643. The van der Waals surface area contributed by atoms with Gasteiger partial charge in [0.15, 0.2) is 10.5 Å². The third-order valence-corrected chi connectivity index (χ3v) is 7.85. The summed E-state index contributed by atoms with van der Waals surface area (Å²) in [5.41, 5.74) is 0.147. The Kier molecular flexibility index (Phi) is 5.43. The van der Waals surface area contributed by atoms with Crippen molar-refractivity contribution in [3.05, 3.63) is 69.8 Å². The van der Waals surface area contributed by atoms with E-state index >= 15 is 0 Å². The number of halogens is 3. The molecule has 1 spiro atoms. The molecule has 2 aromatic carbocycles. The van der Waals surface area contributed by atoms with Crippen molar-refractivity contribution in [2.75, 3.05) is 0 Å². The van der Waals surface area contributed by atoms with E-state index in [4.69, 9.17) is 53.8 Å². The second kappa shape index (κ2) is 8.01. The largest absolute Gasteiger partial charge is 0.456 e. The van der Waals surface area contributed by atoms with Gasteiger partial charge in [0.2, 0.25) is 0 Å². The molecular formula is C25H17Cl3O7. The van der Waals surface area contributed by atoms with Gasteiger partial charge in [0.05, 0.1) is 5.38 Å². The van der Waals surface area contributed by atoms with Crippen molar-refractivity contribution >= 4 is 52.7 Å². The van der Waals surface area contributed by atoms with Crippen molar-refractivity contribution in [3.63, 3.8) is 0 Å². The molecule has 7 nitrogen and oxygen atoms in total. The Morgan fingerprint density at radius 2 is 1.49 bits per heavy atom. The van der Waals surface area contributed by atoms with Crippen LogP contribution in [0.1, 0.15) is 31.9 Å². The zero-order chi connectivity index (χ0) is 25.3. The first-order valence-corrected chi connectivity index (χ1v) is 11.7. The molecule has 2 heterocycles. The molecule has 0 bridgehead atoms. The lowest BCUT2D eigenvalue weighted by Gasteiger charge is -2.39. The Morgan fingerprint density at radius 3 is 1.97 bits per heavy atom. The molecule has 0 saturated carbocycles. The summed E-state index contributed by atoms with van der Waals surface area (Å²) in [6.45, 7) is 4.23. The smallest absolute Gasteiger partial charge is 0.335 e. The van der Waals surface area contributed by atoms with Crippen molar-refractivity contribution in [1.82, 2.24) is 0 Å². The number of hydrogen-bond acceptors (Lipinski definition) is 7. The van der Waals surface area contributed by atoms with E-state index in [9.17, 15) is 14.4 Å². The van der Waals surface area contributed by atoms with E-state index in [0.29, 0.717) is 27.3 Å². The van der Waals surface area contributed by atoms with Crippen molar-refractivity contribution < 1.29 is 33.3 Å². The third kappa shape index (κ3) is 3.37. The average molecular weight is 536 g/mol. The zero-order valence-corrected chi connectivity index (χ0v) is 20.9. The highest BCUT2D eigenvalue weighted by Gasteiger charge is 2.68. The molecule has 1 fully saturated rings. The highest BCUT2D eigenvalue weighted by Crippen LogP contribution is 2.64. The normalized spacial score (nSPS) is 23.4. The second-order valence-electron chi connectivity index (χ2n) is 8.34. The molecule has 180 valence electrons. The number of ether oxygens (including phenoxy) is 4. The Labute approximate surface area is 215 Å². The van der Waals surface area contributed by atoms with Gasteiger partial charge in [-0.15, -0.1) is 11.6 Å². The number of esters is 3. The van der Waals surface area contributed by atoms with Crippen LogP contribution in [0.5, 0.6) is 23.0 Å². The molecule has 2 aromatic rings. The maximum Gasteiger partial charge on any atom is 0.335 e. The molecular weight excluding hydrogens is 519 g/mol. The van der Waals surface area contributed by atoms with Crippen molar-refractivity contribution in [1.29, 1.82) is 0 Å². The lowest BCUT2D eigenvalue weighted by molar-refractivity contribution is -0.148. The highest BCUT2D eigenvalue weighted by atomic mass is 35.5. The van der Waals surface area contributed by atoms with Crippen molar-refractivity contribution in [2.24, 2.45) is 0 Å². The van der Waals surface area contributed by atoms with Gasteiger partial charge in [0, 0.05) is 47.7 Å². The van der Waals surface area contributed by atoms with Crippen LogP contribution in [0.4, 0.5) is 0 Å². The van der Waals surface area contributed by atoms with Crippen LogP contribution in [0, 0.1) is 0 Å². The SMILES string of the molecule is CC(=O)Oc1ccc2c(c1)Oc1cc(OC(C)=O)ccc1C21OC(=O)C2(Cl)C1=CC(Cl)=C(C)C2Cl. The van der Waals surface area contributed by atoms with Gasteiger partial charge in [-0.2, -0.15) is 0 Å². The summed E-state index contributed by atoms with van der Waals surface area (Å²) < 4.78 is 22.6. The topological polar surface area (TPSA) is 88.1 Å². The first-order chi connectivity index (χ1) is 16.5. The maximum atomic E-state index is 13.4. The van der Waals surface area contributed by atoms with E-state index in [1.807, 2.05) is 0 Å². The summed E-state index contributed by atoms with van der Waals surface area (Å²) in [4.78, 5) is 34.7. The first kappa shape index (κ1) is 23.7. The molecule has 2 aliphatic heterocycles. The Hall–Kier alpha value is -3.00. The van der Waals surface area contributed by atoms with E-state index in [0.717, 1.165) is 0 Å². The van der Waals surface area contributed by atoms with Crippen LogP contribution in [0.3, 0.4) is 0 Å². The van der Waals surface area contributed by atoms with E-state index in [-0.39, 0.29) is 23.0 Å². The highest BCUT2D eigenvalue weighted by molar-refractivity contribution is 6.45. The molecule has 0 radical (unpaired) electrons. The predicted octanol–water partition coefficient (Wildman–Crippen LogP) is 5.48. The van der Waals surface area contributed by atoms with Crippen molar-refractivity contribution in [2.45, 2.75) is 36.6 Å². The predicted molar refractivity (Wildman–Crippen MR) is 127 cm³/mol. The van der Waals surface area contributed by atoms with Gasteiger partial charge in [0.25, 0.3) is 0 Å². The Balaban J connectivity index is 1.81. The summed E-state index contributed by atoms with van der Waals surface area (Å²) >= 11 is 20.1. The van der Waals surface area contributed by atoms with Gasteiger partial charge in [-0.25, -0.2) is 4.79 Å². The van der Waals surface area contributed by atoms with Crippen LogP contribution in [0.25, 0.3) is 0 Å². The molecule has 0 amide bonds. The van der Waals surface area contributed by atoms with Crippen LogP contribution in [-0.2, 0) is 24.7 Å². The number of rotatable bonds is 2. The maximum absolute atomic E-state index is 13.4. The van der Waals surface area contributed by atoms with Crippen LogP contribution < -0.4 is 14.2 Å². The van der Waals surface area contributed by atoms with Gasteiger partial charge in [-0.3, -0.25) is 9.59 Å². The van der Waals surface area contributed by atoms with E-state index < -0.39 is 33.8 Å². The molecule has 10 heteroatoms. The molecule has 3 aliphatic rings. The third-order valence-electron chi connectivity index (χ3n) is 6.10. The Bertz CT molecular complexity index is 1330. The minimum atomic E-state index is -1.74. The van der Waals surface area contributed by atoms with Gasteiger partial charge in [-0.05, 0) is 42.8 Å². The number of allylic oxidation sites excluding steroid dienone is 3. The molecule has 0 N–H and O–H groups in total. The summed E-state index contributed by atoms with van der Waals surface area (Å²) in [5.74, 6) is -0.886. The second-order valence-corrected chi connectivity index (χ2v) is 9.78. The van der Waals surface area contributed by atoms with Crippen molar-refractivity contribution in [3.8, 4) is 23.0 Å². The summed E-state index contributed by atoms with van der Waals surface area (Å²) in [6, 6.07) is 9.33. The fourth-order valence-corrected chi connectivity index (χ4v) is 5.61. The van der Waals surface area contributed by atoms with Gasteiger partial charge in [-0.1, -0.05) is 23.2 Å². The molecule has 2 unspecified atom stereocenters. The van der Waals surface area contributed by atoms with Crippen LogP contribution >= 0.6 is 34.8 Å². The average Bonchev–Trinajstić information content (AvgIpc) is 3.00. The first-order valence-electron chi connectivity index (χ1n) is 10.5. The molecule has 0 aromatic heterocycles. The Morgan fingerprint density at radius 1 is 0.971 bits per heavy atom. The minimum absolute atomic E-state index is 0.217.